The molecule has 28 heavy (non-hydrogen) atoms. The van der Waals surface area contributed by atoms with Gasteiger partial charge in [-0.3, -0.25) is 9.78 Å². The van der Waals surface area contributed by atoms with Crippen molar-refractivity contribution in [3.05, 3.63) is 78.1 Å². The van der Waals surface area contributed by atoms with E-state index in [1.54, 1.807) is 24.5 Å². The lowest BCUT2D eigenvalue weighted by molar-refractivity contribution is 0.0997. The van der Waals surface area contributed by atoms with Gasteiger partial charge in [0.15, 0.2) is 5.82 Å². The van der Waals surface area contributed by atoms with Crippen LogP contribution in [0.15, 0.2) is 60.9 Å². The number of hydrogen-bond acceptors (Lipinski definition) is 5. The van der Waals surface area contributed by atoms with E-state index in [9.17, 15) is 13.6 Å². The Bertz CT molecular complexity index is 1200. The molecule has 6 nitrogen and oxygen atoms in total. The number of nitrogens with zero attached hydrogens (tertiary/aromatic N) is 3. The highest BCUT2D eigenvalue weighted by molar-refractivity contribution is 6.01. The lowest BCUT2D eigenvalue weighted by Gasteiger charge is -2.13. The fraction of sp³-hybridized carbons (Fsp3) is 0. The van der Waals surface area contributed by atoms with Crippen molar-refractivity contribution >= 4 is 28.3 Å². The monoisotopic (exact) mass is 377 g/mol. The topological polar surface area (TPSA) is 93.8 Å². The molecular weight excluding hydrogens is 364 g/mol. The van der Waals surface area contributed by atoms with Crippen molar-refractivity contribution in [1.29, 1.82) is 0 Å². The molecule has 0 aliphatic carbocycles. The smallest absolute Gasteiger partial charge is 0.253 e. The van der Waals surface area contributed by atoms with Gasteiger partial charge in [-0.25, -0.2) is 18.7 Å². The van der Waals surface area contributed by atoms with Crippen molar-refractivity contribution in [2.24, 2.45) is 5.73 Å². The number of fused-ring (bicyclic) bond motifs is 1. The number of nitrogens with one attached hydrogen (secondary N) is 1. The summed E-state index contributed by atoms with van der Waals surface area (Å²) in [6.45, 7) is 0. The van der Waals surface area contributed by atoms with Crippen LogP contribution in [0.1, 0.15) is 10.4 Å². The van der Waals surface area contributed by atoms with E-state index in [1.807, 2.05) is 0 Å². The summed E-state index contributed by atoms with van der Waals surface area (Å²) in [6.07, 6.45) is 3.20. The number of halogens is 2. The Morgan fingerprint density at radius 3 is 2.64 bits per heavy atom. The zero-order valence-corrected chi connectivity index (χ0v) is 14.4. The summed E-state index contributed by atoms with van der Waals surface area (Å²) in [5.74, 6) is -1.64. The average molecular weight is 377 g/mol. The number of hydrogen-bond donors (Lipinski definition) is 2. The van der Waals surface area contributed by atoms with Crippen molar-refractivity contribution in [3.63, 3.8) is 0 Å². The Morgan fingerprint density at radius 1 is 1.04 bits per heavy atom. The SMILES string of the molecule is NC(=O)c1c(F)cccc1Nc1nc(-c2cccnc2)nc2ccc(F)cc12. The van der Waals surface area contributed by atoms with Gasteiger partial charge in [-0.05, 0) is 42.5 Å². The predicted molar refractivity (Wildman–Crippen MR) is 101 cm³/mol. The molecule has 2 aromatic heterocycles. The van der Waals surface area contributed by atoms with E-state index in [2.05, 4.69) is 20.3 Å². The average Bonchev–Trinajstić information content (AvgIpc) is 2.68. The highest BCUT2D eigenvalue weighted by Crippen LogP contribution is 2.29. The van der Waals surface area contributed by atoms with E-state index in [-0.39, 0.29) is 17.1 Å². The van der Waals surface area contributed by atoms with Gasteiger partial charge in [0.2, 0.25) is 0 Å². The Morgan fingerprint density at radius 2 is 1.89 bits per heavy atom. The van der Waals surface area contributed by atoms with Crippen molar-refractivity contribution in [2.75, 3.05) is 5.32 Å². The van der Waals surface area contributed by atoms with Crippen molar-refractivity contribution in [1.82, 2.24) is 15.0 Å². The molecule has 0 atom stereocenters. The maximum atomic E-state index is 14.1. The fourth-order valence-corrected chi connectivity index (χ4v) is 2.83. The third kappa shape index (κ3) is 3.23. The first-order chi connectivity index (χ1) is 13.5. The summed E-state index contributed by atoms with van der Waals surface area (Å²) in [6, 6.07) is 11.6. The van der Waals surface area contributed by atoms with Gasteiger partial charge in [0.25, 0.3) is 5.91 Å². The molecule has 0 spiro atoms. The Balaban J connectivity index is 1.92. The highest BCUT2D eigenvalue weighted by Gasteiger charge is 2.17. The molecule has 0 bridgehead atoms. The van der Waals surface area contributed by atoms with Crippen LogP contribution in [0.3, 0.4) is 0 Å². The number of carbonyl (C=O) groups is 1. The van der Waals surface area contributed by atoms with Gasteiger partial charge in [-0.1, -0.05) is 6.07 Å². The van der Waals surface area contributed by atoms with Crippen LogP contribution < -0.4 is 11.1 Å². The number of anilines is 2. The lowest BCUT2D eigenvalue weighted by atomic mass is 10.1. The van der Waals surface area contributed by atoms with Crippen LogP contribution >= 0.6 is 0 Å². The standard InChI is InChI=1S/C20H13F2N5O/c21-12-6-7-15-13(9-12)20(27-19(25-15)11-3-2-8-24-10-11)26-16-5-1-4-14(22)17(16)18(23)28/h1-10H,(H2,23,28)(H,25,26,27). The third-order valence-electron chi connectivity index (χ3n) is 4.09. The molecule has 0 saturated carbocycles. The largest absolute Gasteiger partial charge is 0.365 e. The number of rotatable bonds is 4. The molecule has 138 valence electrons. The molecule has 3 N–H and O–H groups in total. The van der Waals surface area contributed by atoms with Crippen LogP contribution in [0.2, 0.25) is 0 Å². The van der Waals surface area contributed by atoms with E-state index >= 15 is 0 Å². The first-order valence-corrected chi connectivity index (χ1v) is 8.26. The number of amides is 1. The Labute approximate surface area is 158 Å². The van der Waals surface area contributed by atoms with Crippen LogP contribution in [0.4, 0.5) is 20.3 Å². The highest BCUT2D eigenvalue weighted by atomic mass is 19.1. The van der Waals surface area contributed by atoms with E-state index in [4.69, 9.17) is 5.73 Å². The zero-order valence-electron chi connectivity index (χ0n) is 14.4. The van der Waals surface area contributed by atoms with Gasteiger partial charge in [0.05, 0.1) is 16.8 Å². The minimum atomic E-state index is -0.933. The van der Waals surface area contributed by atoms with E-state index in [1.165, 1.54) is 30.3 Å². The molecule has 0 unspecified atom stereocenters. The van der Waals surface area contributed by atoms with Crippen LogP contribution in [-0.4, -0.2) is 20.9 Å². The van der Waals surface area contributed by atoms with Crippen molar-refractivity contribution in [3.8, 4) is 11.4 Å². The number of aromatic nitrogens is 3. The first kappa shape index (κ1) is 17.5. The number of primary amides is 1. The van der Waals surface area contributed by atoms with Gasteiger partial charge in [-0.15, -0.1) is 0 Å². The summed E-state index contributed by atoms with van der Waals surface area (Å²) in [4.78, 5) is 24.6. The maximum absolute atomic E-state index is 14.1. The summed E-state index contributed by atoms with van der Waals surface area (Å²) in [5.41, 5.74) is 6.23. The number of benzene rings is 2. The fourth-order valence-electron chi connectivity index (χ4n) is 2.83. The van der Waals surface area contributed by atoms with E-state index in [0.717, 1.165) is 6.07 Å². The van der Waals surface area contributed by atoms with Gasteiger partial charge in [0.1, 0.15) is 17.5 Å². The van der Waals surface area contributed by atoms with Crippen LogP contribution in [0, 0.1) is 11.6 Å². The Kier molecular flexibility index (Phi) is 4.36. The quantitative estimate of drug-likeness (QED) is 0.564. The van der Waals surface area contributed by atoms with Gasteiger partial charge < -0.3 is 11.1 Å². The number of pyridine rings is 1. The molecule has 2 heterocycles. The zero-order chi connectivity index (χ0) is 19.7. The van der Waals surface area contributed by atoms with Crippen LogP contribution in [0.25, 0.3) is 22.3 Å². The molecular formula is C20H13F2N5O. The molecule has 4 rings (SSSR count). The molecule has 0 saturated heterocycles. The van der Waals surface area contributed by atoms with E-state index in [0.29, 0.717) is 22.3 Å². The van der Waals surface area contributed by atoms with Crippen molar-refractivity contribution < 1.29 is 13.6 Å². The molecule has 1 amide bonds. The normalized spacial score (nSPS) is 10.8. The van der Waals surface area contributed by atoms with Crippen LogP contribution in [-0.2, 0) is 0 Å². The molecule has 0 aliphatic heterocycles. The molecule has 0 fully saturated rings. The number of nitrogens with two attached hydrogens (primary N) is 1. The second-order valence-electron chi connectivity index (χ2n) is 5.95. The Hall–Kier alpha value is -3.94. The van der Waals surface area contributed by atoms with Crippen molar-refractivity contribution in [2.45, 2.75) is 0 Å². The van der Waals surface area contributed by atoms with Crippen LogP contribution in [0.5, 0.6) is 0 Å². The summed E-state index contributed by atoms with van der Waals surface area (Å²) in [5, 5.41) is 3.26. The first-order valence-electron chi connectivity index (χ1n) is 8.26. The molecule has 8 heteroatoms. The molecule has 0 radical (unpaired) electrons. The van der Waals surface area contributed by atoms with Gasteiger partial charge in [0, 0.05) is 23.3 Å². The maximum Gasteiger partial charge on any atom is 0.253 e. The summed E-state index contributed by atoms with van der Waals surface area (Å²) >= 11 is 0. The molecule has 4 aromatic rings. The second-order valence-corrected chi connectivity index (χ2v) is 5.95. The van der Waals surface area contributed by atoms with Gasteiger partial charge in [-0.2, -0.15) is 0 Å². The minimum absolute atomic E-state index is 0.119. The molecule has 0 aliphatic rings. The summed E-state index contributed by atoms with van der Waals surface area (Å²) in [7, 11) is 0. The summed E-state index contributed by atoms with van der Waals surface area (Å²) < 4.78 is 27.9. The second kappa shape index (κ2) is 6.99. The third-order valence-corrected chi connectivity index (χ3v) is 4.09. The lowest BCUT2D eigenvalue weighted by Crippen LogP contribution is -2.15. The molecule has 2 aromatic carbocycles. The predicted octanol–water partition coefficient (Wildman–Crippen LogP) is 3.81. The minimum Gasteiger partial charge on any atom is -0.365 e. The number of carbonyl (C=O) groups excluding carboxylic acids is 1. The van der Waals surface area contributed by atoms with Gasteiger partial charge >= 0.3 is 0 Å². The van der Waals surface area contributed by atoms with E-state index < -0.39 is 17.5 Å².